The van der Waals surface area contributed by atoms with Crippen molar-refractivity contribution in [3.05, 3.63) is 89.7 Å². The molecular weight excluding hydrogens is 543 g/mol. The molecule has 2 N–H and O–H groups in total. The number of carboxylic acid groups (broad SMARTS) is 1. The molecule has 7 heteroatoms. The number of nitrogens with zero attached hydrogens (tertiary/aromatic N) is 1. The highest BCUT2D eigenvalue weighted by Gasteiger charge is 2.58. The summed E-state index contributed by atoms with van der Waals surface area (Å²) in [6, 6.07) is 20.2. The molecule has 3 aromatic carbocycles. The number of carbonyl (C=O) groups excluding carboxylic acids is 1. The fourth-order valence-corrected chi connectivity index (χ4v) is 7.30. The van der Waals surface area contributed by atoms with Gasteiger partial charge in [-0.05, 0) is 47.6 Å². The average Bonchev–Trinajstić information content (AvgIpc) is 3.37. The standard InChI is InChI=1S/C36H43FN2O4/c1-36(2,3)30-31(38-22-26-21-25(19-20-29(26)43-4)27-17-11-12-18-28(27)37)32(23-13-7-5-8-14-23)39(33(30)35(41)42)34(40)24-15-9-6-10-16-24/h5,7-8,11-14,17-21,24,30-33,38H,6,9-10,15-16,22H2,1-4H3,(H,41,42)/t30-,31-,32-,33-/m0/s1. The minimum atomic E-state index is -0.983. The van der Waals surface area contributed by atoms with E-state index in [1.54, 1.807) is 30.2 Å². The van der Waals surface area contributed by atoms with E-state index in [9.17, 15) is 19.1 Å². The maximum atomic E-state index is 14.7. The van der Waals surface area contributed by atoms with Crippen LogP contribution in [0.5, 0.6) is 5.75 Å². The van der Waals surface area contributed by atoms with E-state index in [1.165, 1.54) is 6.07 Å². The van der Waals surface area contributed by atoms with Crippen LogP contribution < -0.4 is 10.1 Å². The predicted molar refractivity (Wildman–Crippen MR) is 166 cm³/mol. The van der Waals surface area contributed by atoms with Crippen LogP contribution >= 0.6 is 0 Å². The number of nitrogens with one attached hydrogen (secondary N) is 1. The lowest BCUT2D eigenvalue weighted by Crippen LogP contribution is -2.49. The van der Waals surface area contributed by atoms with Crippen LogP contribution in [0.3, 0.4) is 0 Å². The third-order valence-corrected chi connectivity index (χ3v) is 9.26. The SMILES string of the molecule is COc1ccc(-c2ccccc2F)cc1CN[C@H]1[C@H](C(C)(C)C)[C@@H](C(=O)O)N(C(=O)C2CCCCC2)[C@H]1c1ccccc1. The number of hydrogen-bond donors (Lipinski definition) is 2. The number of likely N-dealkylation sites (tertiary alicyclic amines) is 1. The monoisotopic (exact) mass is 586 g/mol. The zero-order chi connectivity index (χ0) is 30.7. The smallest absolute Gasteiger partial charge is 0.326 e. The molecule has 1 aliphatic carbocycles. The number of ether oxygens (including phenoxy) is 1. The normalized spacial score (nSPS) is 22.9. The van der Waals surface area contributed by atoms with E-state index in [2.05, 4.69) is 26.1 Å². The van der Waals surface area contributed by atoms with E-state index >= 15 is 0 Å². The van der Waals surface area contributed by atoms with E-state index in [1.807, 2.05) is 48.5 Å². The number of rotatable bonds is 8. The van der Waals surface area contributed by atoms with Crippen molar-refractivity contribution in [2.45, 2.75) is 77.5 Å². The molecule has 1 aliphatic heterocycles. The van der Waals surface area contributed by atoms with Crippen molar-refractivity contribution in [1.29, 1.82) is 0 Å². The molecule has 0 bridgehead atoms. The first kappa shape index (κ1) is 30.7. The van der Waals surface area contributed by atoms with E-state index in [0.29, 0.717) is 17.9 Å². The van der Waals surface area contributed by atoms with Crippen LogP contribution in [0.2, 0.25) is 0 Å². The van der Waals surface area contributed by atoms with Crippen LogP contribution in [0, 0.1) is 23.1 Å². The number of aliphatic carboxylic acids is 1. The summed E-state index contributed by atoms with van der Waals surface area (Å²) in [5, 5.41) is 14.4. The Balaban J connectivity index is 1.58. The van der Waals surface area contributed by atoms with Gasteiger partial charge < -0.3 is 20.1 Å². The number of methoxy groups -OCH3 is 1. The van der Waals surface area contributed by atoms with Crippen LogP contribution in [-0.4, -0.2) is 41.1 Å². The Morgan fingerprint density at radius 3 is 2.28 bits per heavy atom. The minimum absolute atomic E-state index is 0.0568. The lowest BCUT2D eigenvalue weighted by molar-refractivity contribution is -0.154. The zero-order valence-corrected chi connectivity index (χ0v) is 25.6. The Hall–Kier alpha value is -3.71. The molecule has 43 heavy (non-hydrogen) atoms. The average molecular weight is 587 g/mol. The number of benzene rings is 3. The lowest BCUT2D eigenvalue weighted by atomic mass is 9.72. The number of halogens is 1. The predicted octanol–water partition coefficient (Wildman–Crippen LogP) is 7.24. The molecule has 5 rings (SSSR count). The zero-order valence-electron chi connectivity index (χ0n) is 25.6. The summed E-state index contributed by atoms with van der Waals surface area (Å²) >= 11 is 0. The highest BCUT2D eigenvalue weighted by atomic mass is 19.1. The van der Waals surface area contributed by atoms with Gasteiger partial charge in [-0.1, -0.05) is 94.6 Å². The second-order valence-corrected chi connectivity index (χ2v) is 13.0. The van der Waals surface area contributed by atoms with Crippen LogP contribution in [-0.2, 0) is 16.1 Å². The molecule has 0 unspecified atom stereocenters. The third-order valence-electron chi connectivity index (χ3n) is 9.26. The van der Waals surface area contributed by atoms with E-state index in [-0.39, 0.29) is 29.6 Å². The van der Waals surface area contributed by atoms with E-state index in [0.717, 1.165) is 48.8 Å². The molecule has 2 fully saturated rings. The molecule has 1 saturated carbocycles. The van der Waals surface area contributed by atoms with Crippen molar-refractivity contribution in [3.63, 3.8) is 0 Å². The first-order chi connectivity index (χ1) is 20.6. The molecule has 2 aliphatic rings. The quantitative estimate of drug-likeness (QED) is 0.291. The molecule has 0 spiro atoms. The Labute approximate surface area is 254 Å². The lowest BCUT2D eigenvalue weighted by Gasteiger charge is -2.36. The van der Waals surface area contributed by atoms with Crippen molar-refractivity contribution in [2.24, 2.45) is 17.3 Å². The van der Waals surface area contributed by atoms with Gasteiger partial charge in [0.25, 0.3) is 0 Å². The Kier molecular flexibility index (Phi) is 9.21. The second kappa shape index (κ2) is 12.9. The Morgan fingerprint density at radius 2 is 1.65 bits per heavy atom. The highest BCUT2D eigenvalue weighted by molar-refractivity contribution is 5.87. The van der Waals surface area contributed by atoms with Gasteiger partial charge in [0.1, 0.15) is 17.6 Å². The molecule has 1 amide bonds. The van der Waals surface area contributed by atoms with Crippen LogP contribution in [0.1, 0.15) is 70.0 Å². The number of carbonyl (C=O) groups is 2. The fraction of sp³-hybridized carbons (Fsp3) is 0.444. The summed E-state index contributed by atoms with van der Waals surface area (Å²) in [5.41, 5.74) is 2.53. The van der Waals surface area contributed by atoms with E-state index < -0.39 is 23.5 Å². The maximum absolute atomic E-state index is 14.7. The molecule has 3 aromatic rings. The summed E-state index contributed by atoms with van der Waals surface area (Å²) < 4.78 is 20.4. The van der Waals surface area contributed by atoms with Crippen LogP contribution in [0.25, 0.3) is 11.1 Å². The molecule has 4 atom stereocenters. The summed E-state index contributed by atoms with van der Waals surface area (Å²) in [5.74, 6) is -1.24. The van der Waals surface area contributed by atoms with Gasteiger partial charge in [-0.2, -0.15) is 0 Å². The van der Waals surface area contributed by atoms with Crippen molar-refractivity contribution in [2.75, 3.05) is 7.11 Å². The van der Waals surface area contributed by atoms with Crippen LogP contribution in [0.15, 0.2) is 72.8 Å². The third kappa shape index (κ3) is 6.32. The molecular formula is C36H43FN2O4. The summed E-state index contributed by atoms with van der Waals surface area (Å²) in [6.07, 6.45) is 4.67. The first-order valence-electron chi connectivity index (χ1n) is 15.4. The van der Waals surface area contributed by atoms with Crippen LogP contribution in [0.4, 0.5) is 4.39 Å². The molecule has 1 heterocycles. The van der Waals surface area contributed by atoms with Crippen molar-refractivity contribution in [3.8, 4) is 16.9 Å². The first-order valence-corrected chi connectivity index (χ1v) is 15.4. The number of hydrogen-bond acceptors (Lipinski definition) is 4. The maximum Gasteiger partial charge on any atom is 0.326 e. The van der Waals surface area contributed by atoms with Gasteiger partial charge in [-0.3, -0.25) is 4.79 Å². The molecule has 0 radical (unpaired) electrons. The molecule has 228 valence electrons. The summed E-state index contributed by atoms with van der Waals surface area (Å²) in [6.45, 7) is 6.51. The van der Waals surface area contributed by atoms with Gasteiger partial charge in [0.2, 0.25) is 5.91 Å². The van der Waals surface area contributed by atoms with Gasteiger partial charge in [-0.25, -0.2) is 9.18 Å². The molecule has 6 nitrogen and oxygen atoms in total. The van der Waals surface area contributed by atoms with Gasteiger partial charge in [-0.15, -0.1) is 0 Å². The van der Waals surface area contributed by atoms with Crippen molar-refractivity contribution < 1.29 is 23.8 Å². The molecule has 1 saturated heterocycles. The Morgan fingerprint density at radius 1 is 0.977 bits per heavy atom. The number of carboxylic acids is 1. The van der Waals surface area contributed by atoms with Gasteiger partial charge in [0.15, 0.2) is 0 Å². The van der Waals surface area contributed by atoms with Crippen molar-refractivity contribution in [1.82, 2.24) is 10.2 Å². The van der Waals surface area contributed by atoms with E-state index in [4.69, 9.17) is 4.74 Å². The fourth-order valence-electron chi connectivity index (χ4n) is 7.30. The van der Waals surface area contributed by atoms with Crippen molar-refractivity contribution >= 4 is 11.9 Å². The largest absolute Gasteiger partial charge is 0.496 e. The topological polar surface area (TPSA) is 78.9 Å². The van der Waals surface area contributed by atoms with Gasteiger partial charge >= 0.3 is 5.97 Å². The van der Waals surface area contributed by atoms with Gasteiger partial charge in [0, 0.05) is 35.5 Å². The highest BCUT2D eigenvalue weighted by Crippen LogP contribution is 2.49. The summed E-state index contributed by atoms with van der Waals surface area (Å²) in [4.78, 5) is 29.1. The Bertz CT molecular complexity index is 1430. The number of amides is 1. The molecule has 0 aromatic heterocycles. The van der Waals surface area contributed by atoms with Gasteiger partial charge in [0.05, 0.1) is 13.2 Å². The summed E-state index contributed by atoms with van der Waals surface area (Å²) in [7, 11) is 1.60. The second-order valence-electron chi connectivity index (χ2n) is 13.0. The minimum Gasteiger partial charge on any atom is -0.496 e.